The molecule has 3 aromatic rings. The molecule has 2 amide bonds. The van der Waals surface area contributed by atoms with Crippen molar-refractivity contribution in [3.05, 3.63) is 45.9 Å². The first-order valence-corrected chi connectivity index (χ1v) is 14.2. The highest BCUT2D eigenvalue weighted by Gasteiger charge is 2.53. The topological polar surface area (TPSA) is 196 Å². The lowest BCUT2D eigenvalue weighted by atomic mass is 10.0. The molecule has 5 heterocycles. The standard InChI is InChI=1S/C22H21N7O7S3/c1-9(20(32)33)36-26-14(12-8-39-22(23)24-12)17(30)25-15-18(31)29-16(21(34)35)11(7-38-19(15)29)5-27-6-13-28(10(27)2)3-4-37-13/h3-4,6,8-9,15,19H,5,7H2,1-2H3,(H4-,23,24,25,30,32,33,34,35)/b26-14-/t9-,15+,19+/m0/s1. The molecule has 1 saturated heterocycles. The van der Waals surface area contributed by atoms with Gasteiger partial charge >= 0.3 is 5.97 Å². The molecule has 4 N–H and O–H groups in total. The van der Waals surface area contributed by atoms with E-state index in [1.165, 1.54) is 24.1 Å². The summed E-state index contributed by atoms with van der Waals surface area (Å²) in [7, 11) is 0. The zero-order chi connectivity index (χ0) is 28.0. The Hall–Kier alpha value is -3.96. The SMILES string of the molecule is Cc1n2ccsc2c[n+]1CC1=C(C(=O)[O-])N2C(=O)[C@@H](NC(=O)/C(=N\O[C@@H](C)C(=O)O)c3csc(N)n3)[C@H]2SC1. The first kappa shape index (κ1) is 26.6. The van der Waals surface area contributed by atoms with Gasteiger partial charge in [0.1, 0.15) is 36.0 Å². The molecule has 204 valence electrons. The van der Waals surface area contributed by atoms with Gasteiger partial charge in [-0.15, -0.1) is 23.1 Å². The average Bonchev–Trinajstić information content (AvgIpc) is 3.60. The Morgan fingerprint density at radius 1 is 1.41 bits per heavy atom. The fourth-order valence-electron chi connectivity index (χ4n) is 4.16. The van der Waals surface area contributed by atoms with E-state index in [9.17, 15) is 24.3 Å². The first-order valence-electron chi connectivity index (χ1n) is 11.4. The van der Waals surface area contributed by atoms with E-state index in [-0.39, 0.29) is 28.8 Å². The number of nitrogen functional groups attached to an aromatic ring is 1. The summed E-state index contributed by atoms with van der Waals surface area (Å²) >= 11 is 3.88. The van der Waals surface area contributed by atoms with Crippen molar-refractivity contribution < 1.29 is 38.8 Å². The number of β-lactam (4-membered cyclic amide) rings is 1. The third-order valence-corrected chi connectivity index (χ3v) is 9.00. The van der Waals surface area contributed by atoms with Gasteiger partial charge in [0.25, 0.3) is 17.6 Å². The Balaban J connectivity index is 1.36. The number of carboxylic acids is 2. The number of carbonyl (C=O) groups excluding carboxylic acids is 3. The van der Waals surface area contributed by atoms with Crippen LogP contribution in [0.4, 0.5) is 5.13 Å². The molecule has 0 bridgehead atoms. The molecule has 2 aliphatic rings. The third-order valence-electron chi connectivity index (χ3n) is 6.18. The van der Waals surface area contributed by atoms with Gasteiger partial charge in [-0.3, -0.25) is 14.5 Å². The molecule has 1 fully saturated rings. The minimum atomic E-state index is -1.48. The van der Waals surface area contributed by atoms with Crippen LogP contribution in [-0.2, 0) is 30.6 Å². The molecule has 5 rings (SSSR count). The van der Waals surface area contributed by atoms with Crippen molar-refractivity contribution in [2.24, 2.45) is 5.16 Å². The molecule has 0 aromatic carbocycles. The van der Waals surface area contributed by atoms with E-state index in [0.29, 0.717) is 11.3 Å². The molecular weight excluding hydrogens is 570 g/mol. The number of aromatic nitrogens is 3. The highest BCUT2D eigenvalue weighted by Crippen LogP contribution is 2.40. The van der Waals surface area contributed by atoms with Gasteiger partial charge in [-0.25, -0.2) is 14.3 Å². The Kier molecular flexibility index (Phi) is 7.04. The number of oxime groups is 1. The maximum atomic E-state index is 13.1. The molecule has 3 atom stereocenters. The van der Waals surface area contributed by atoms with Crippen LogP contribution in [0.5, 0.6) is 0 Å². The van der Waals surface area contributed by atoms with Gasteiger partial charge in [0, 0.05) is 29.0 Å². The number of hydrogen-bond acceptors (Lipinski definition) is 12. The number of amides is 2. The monoisotopic (exact) mass is 591 g/mol. The van der Waals surface area contributed by atoms with Crippen LogP contribution >= 0.6 is 34.4 Å². The van der Waals surface area contributed by atoms with E-state index in [1.54, 1.807) is 11.3 Å². The first-order chi connectivity index (χ1) is 18.6. The lowest BCUT2D eigenvalue weighted by Crippen LogP contribution is -2.71. The minimum absolute atomic E-state index is 0.0324. The summed E-state index contributed by atoms with van der Waals surface area (Å²) in [4.78, 5) is 60.5. The molecule has 3 aromatic heterocycles. The second-order valence-corrected chi connectivity index (χ2v) is 11.5. The van der Waals surface area contributed by atoms with Crippen LogP contribution in [0.3, 0.4) is 0 Å². The number of carbonyl (C=O) groups is 4. The quantitative estimate of drug-likeness (QED) is 0.119. The molecule has 0 aliphatic carbocycles. The maximum Gasteiger partial charge on any atom is 0.347 e. The second-order valence-electron chi connectivity index (χ2n) is 8.61. The van der Waals surface area contributed by atoms with Crippen molar-refractivity contribution in [1.82, 2.24) is 19.6 Å². The third kappa shape index (κ3) is 4.83. The number of aliphatic carboxylic acids is 2. The minimum Gasteiger partial charge on any atom is -0.543 e. The van der Waals surface area contributed by atoms with E-state index in [4.69, 9.17) is 15.7 Å². The molecule has 2 aliphatic heterocycles. The van der Waals surface area contributed by atoms with Gasteiger partial charge in [-0.2, -0.15) is 4.40 Å². The number of nitrogens with one attached hydrogen (secondary N) is 1. The van der Waals surface area contributed by atoms with Crippen LogP contribution in [0.1, 0.15) is 18.4 Å². The van der Waals surface area contributed by atoms with E-state index >= 15 is 0 Å². The molecule has 0 spiro atoms. The van der Waals surface area contributed by atoms with Crippen molar-refractivity contribution in [2.45, 2.75) is 37.9 Å². The van der Waals surface area contributed by atoms with E-state index in [1.807, 2.05) is 33.7 Å². The van der Waals surface area contributed by atoms with Crippen LogP contribution < -0.4 is 20.7 Å². The molecular formula is C22H21N7O7S3. The van der Waals surface area contributed by atoms with Crippen molar-refractivity contribution >= 4 is 73.9 Å². The Morgan fingerprint density at radius 3 is 2.82 bits per heavy atom. The molecule has 14 nitrogen and oxygen atoms in total. The summed E-state index contributed by atoms with van der Waals surface area (Å²) in [6.07, 6.45) is 2.48. The summed E-state index contributed by atoms with van der Waals surface area (Å²) in [5, 5.41) is 30.2. The van der Waals surface area contributed by atoms with Gasteiger partial charge in [-0.1, -0.05) is 16.5 Å². The number of rotatable bonds is 9. The number of hydrogen-bond donors (Lipinski definition) is 3. The number of fused-ring (bicyclic) bond motifs is 2. The van der Waals surface area contributed by atoms with Crippen molar-refractivity contribution in [2.75, 3.05) is 11.5 Å². The summed E-state index contributed by atoms with van der Waals surface area (Å²) in [6, 6.07) is -1.06. The number of nitrogens with zero attached hydrogens (tertiary/aromatic N) is 5. The Bertz CT molecular complexity index is 1570. The summed E-state index contributed by atoms with van der Waals surface area (Å²) < 4.78 is 3.90. The molecule has 0 radical (unpaired) electrons. The number of aryl methyl sites for hydroxylation is 1. The average molecular weight is 592 g/mol. The summed E-state index contributed by atoms with van der Waals surface area (Å²) in [5.41, 5.74) is 5.61. The van der Waals surface area contributed by atoms with Crippen LogP contribution in [0, 0.1) is 6.92 Å². The number of thioether (sulfide) groups is 1. The Morgan fingerprint density at radius 2 is 2.18 bits per heavy atom. The molecule has 17 heteroatoms. The summed E-state index contributed by atoms with van der Waals surface area (Å²) in [5.74, 6) is -3.08. The predicted octanol–water partition coefficient (Wildman–Crippen LogP) is -1.07. The highest BCUT2D eigenvalue weighted by molar-refractivity contribution is 8.00. The van der Waals surface area contributed by atoms with Gasteiger partial charge in [-0.05, 0) is 6.92 Å². The number of anilines is 1. The van der Waals surface area contributed by atoms with E-state index in [0.717, 1.165) is 26.9 Å². The highest BCUT2D eigenvalue weighted by atomic mass is 32.2. The zero-order valence-electron chi connectivity index (χ0n) is 20.4. The molecule has 39 heavy (non-hydrogen) atoms. The van der Waals surface area contributed by atoms with Crippen molar-refractivity contribution in [1.29, 1.82) is 0 Å². The largest absolute Gasteiger partial charge is 0.543 e. The predicted molar refractivity (Wildman–Crippen MR) is 139 cm³/mol. The van der Waals surface area contributed by atoms with Crippen molar-refractivity contribution in [3.8, 4) is 0 Å². The zero-order valence-corrected chi connectivity index (χ0v) is 22.8. The van der Waals surface area contributed by atoms with E-state index in [2.05, 4.69) is 15.5 Å². The van der Waals surface area contributed by atoms with Gasteiger partial charge in [0.15, 0.2) is 10.8 Å². The Labute approximate surface area is 232 Å². The second kappa shape index (κ2) is 10.3. The van der Waals surface area contributed by atoms with Gasteiger partial charge in [0.2, 0.25) is 10.9 Å². The van der Waals surface area contributed by atoms with Crippen molar-refractivity contribution in [3.63, 3.8) is 0 Å². The van der Waals surface area contributed by atoms with Gasteiger partial charge < -0.3 is 30.9 Å². The van der Waals surface area contributed by atoms with E-state index < -0.39 is 41.3 Å². The lowest BCUT2D eigenvalue weighted by Gasteiger charge is -2.50. The molecule has 0 saturated carbocycles. The maximum absolute atomic E-state index is 13.1. The van der Waals surface area contributed by atoms with Crippen LogP contribution in [-0.4, -0.2) is 72.1 Å². The normalized spacial score (nSPS) is 20.0. The van der Waals surface area contributed by atoms with Crippen LogP contribution in [0.2, 0.25) is 0 Å². The van der Waals surface area contributed by atoms with Crippen LogP contribution in [0.15, 0.2) is 39.6 Å². The van der Waals surface area contributed by atoms with Gasteiger partial charge in [0.05, 0.1) is 11.7 Å². The fourth-order valence-corrected chi connectivity index (χ4v) is 6.86. The summed E-state index contributed by atoms with van der Waals surface area (Å²) in [6.45, 7) is 3.39. The molecule has 0 unspecified atom stereocenters. The fraction of sp³-hybridized carbons (Fsp3) is 0.318. The lowest BCUT2D eigenvalue weighted by molar-refractivity contribution is -0.693. The number of carboxylic acid groups (broad SMARTS) is 2. The number of nitrogens with two attached hydrogens (primary N) is 1. The number of imidazole rings is 1. The smallest absolute Gasteiger partial charge is 0.347 e. The van der Waals surface area contributed by atoms with Crippen LogP contribution in [0.25, 0.3) is 4.83 Å². The number of thiazole rings is 2.